The van der Waals surface area contributed by atoms with Crippen molar-refractivity contribution in [3.05, 3.63) is 18.0 Å². The predicted octanol–water partition coefficient (Wildman–Crippen LogP) is 2.42. The molecule has 0 radical (unpaired) electrons. The van der Waals surface area contributed by atoms with Gasteiger partial charge in [-0.15, -0.1) is 0 Å². The largest absolute Gasteiger partial charge is 0.481 e. The molecule has 1 aliphatic carbocycles. The topological polar surface area (TPSA) is 160 Å². The Kier molecular flexibility index (Phi) is 8.48. The summed E-state index contributed by atoms with van der Waals surface area (Å²) in [5, 5.41) is 28.3. The van der Waals surface area contributed by atoms with Gasteiger partial charge in [-0.05, 0) is 46.5 Å². The molecule has 2 aliphatic rings. The molecule has 0 bridgehead atoms. The molecule has 0 spiro atoms. The van der Waals surface area contributed by atoms with Crippen LogP contribution in [-0.4, -0.2) is 68.1 Å². The fourth-order valence-electron chi connectivity index (χ4n) is 5.34. The summed E-state index contributed by atoms with van der Waals surface area (Å²) in [5.41, 5.74) is 1.75. The van der Waals surface area contributed by atoms with Crippen LogP contribution in [0, 0.1) is 5.92 Å². The Morgan fingerprint density at radius 2 is 1.71 bits per heavy atom. The molecule has 2 amide bonds. The van der Waals surface area contributed by atoms with Crippen LogP contribution in [0.4, 0.5) is 5.69 Å². The second-order valence-corrected chi connectivity index (χ2v) is 10.0. The van der Waals surface area contributed by atoms with E-state index in [0.29, 0.717) is 38.2 Å². The van der Waals surface area contributed by atoms with Crippen molar-refractivity contribution >= 4 is 40.2 Å². The van der Waals surface area contributed by atoms with Crippen LogP contribution < -0.4 is 16.0 Å². The molecule has 206 valence electrons. The average Bonchev–Trinajstić information content (AvgIpc) is 3.49. The maximum atomic E-state index is 12.6. The lowest BCUT2D eigenvalue weighted by molar-refractivity contribution is -0.143. The lowest BCUT2D eigenvalue weighted by atomic mass is 9.85. The first-order valence-electron chi connectivity index (χ1n) is 13.4. The first kappa shape index (κ1) is 27.3. The number of nitrogens with one attached hydrogen (secondary N) is 3. The third-order valence-corrected chi connectivity index (χ3v) is 7.25. The van der Waals surface area contributed by atoms with Crippen LogP contribution in [0.25, 0.3) is 11.0 Å². The van der Waals surface area contributed by atoms with Crippen molar-refractivity contribution in [3.63, 3.8) is 0 Å². The van der Waals surface area contributed by atoms with Gasteiger partial charge < -0.3 is 25.9 Å². The number of hydrogen-bond acceptors (Lipinski definition) is 8. The van der Waals surface area contributed by atoms with Crippen molar-refractivity contribution in [2.24, 2.45) is 11.1 Å². The fourth-order valence-corrected chi connectivity index (χ4v) is 5.34. The lowest BCUT2D eigenvalue weighted by Gasteiger charge is -2.29. The fraction of sp³-hybridized carbons (Fsp3) is 0.615. The molecule has 1 aliphatic heterocycles. The van der Waals surface area contributed by atoms with E-state index in [4.69, 9.17) is 4.84 Å². The van der Waals surface area contributed by atoms with Crippen LogP contribution in [0.3, 0.4) is 0 Å². The van der Waals surface area contributed by atoms with Crippen molar-refractivity contribution in [2.75, 3.05) is 18.4 Å². The van der Waals surface area contributed by atoms with Crippen molar-refractivity contribution in [1.29, 1.82) is 0 Å². The SMILES string of the molecule is CCNC(=O)CC1(CC(=O)NCC)CC(c2cnc3c(cnn3CC)c2NC2CCC(C(=O)O)CC2)=NO1. The standard InChI is InChI=1S/C26H37N7O5/c1-4-27-21(34)12-26(13-22(35)28-5-2)11-20(32-38-26)18-14-29-24-19(15-30-33(24)6-3)23(18)31-17-9-7-16(8-10-17)25(36)37/h14-17H,4-13H2,1-3H3,(H,27,34)(H,28,35)(H,29,31)(H,36,37). The molecule has 2 aromatic rings. The van der Waals surface area contributed by atoms with Gasteiger partial charge in [0.15, 0.2) is 11.2 Å². The van der Waals surface area contributed by atoms with Gasteiger partial charge in [0.2, 0.25) is 11.8 Å². The molecule has 1 saturated carbocycles. The van der Waals surface area contributed by atoms with Crippen molar-refractivity contribution < 1.29 is 24.3 Å². The number of carboxylic acids is 1. The van der Waals surface area contributed by atoms with Crippen LogP contribution in [0.2, 0.25) is 0 Å². The number of aryl methyl sites for hydroxylation is 1. The Bertz CT molecular complexity index is 1200. The molecule has 1 fully saturated rings. The van der Waals surface area contributed by atoms with E-state index in [1.807, 2.05) is 25.5 Å². The summed E-state index contributed by atoms with van der Waals surface area (Å²) in [5.74, 6) is -1.48. The third kappa shape index (κ3) is 5.89. The Balaban J connectivity index is 1.64. The lowest BCUT2D eigenvalue weighted by Crippen LogP contribution is -2.41. The summed E-state index contributed by atoms with van der Waals surface area (Å²) in [6.45, 7) is 7.28. The van der Waals surface area contributed by atoms with Gasteiger partial charge >= 0.3 is 5.97 Å². The molecule has 0 aromatic carbocycles. The summed E-state index contributed by atoms with van der Waals surface area (Å²) in [6.07, 6.45) is 6.43. The number of amides is 2. The van der Waals surface area contributed by atoms with Crippen LogP contribution in [0.1, 0.15) is 71.3 Å². The molecule has 12 nitrogen and oxygen atoms in total. The van der Waals surface area contributed by atoms with Gasteiger partial charge in [0, 0.05) is 43.9 Å². The van der Waals surface area contributed by atoms with Crippen molar-refractivity contribution in [2.45, 2.75) is 83.9 Å². The number of nitrogens with zero attached hydrogens (tertiary/aromatic N) is 4. The smallest absolute Gasteiger partial charge is 0.306 e. The molecule has 2 aromatic heterocycles. The third-order valence-electron chi connectivity index (χ3n) is 7.25. The van der Waals surface area contributed by atoms with E-state index in [-0.39, 0.29) is 43.0 Å². The second kappa shape index (κ2) is 11.8. The van der Waals surface area contributed by atoms with Crippen LogP contribution in [0.5, 0.6) is 0 Å². The van der Waals surface area contributed by atoms with E-state index in [1.165, 1.54) is 0 Å². The highest BCUT2D eigenvalue weighted by atomic mass is 16.7. The second-order valence-electron chi connectivity index (χ2n) is 10.0. The molecule has 4 N–H and O–H groups in total. The molecule has 0 saturated heterocycles. The number of hydrogen-bond donors (Lipinski definition) is 4. The van der Waals surface area contributed by atoms with Crippen LogP contribution in [0.15, 0.2) is 17.5 Å². The first-order valence-corrected chi connectivity index (χ1v) is 13.4. The summed E-state index contributed by atoms with van der Waals surface area (Å²) in [4.78, 5) is 47.1. The van der Waals surface area contributed by atoms with Gasteiger partial charge in [0.25, 0.3) is 0 Å². The number of pyridine rings is 1. The maximum Gasteiger partial charge on any atom is 0.306 e. The van der Waals surface area contributed by atoms with Crippen LogP contribution in [-0.2, 0) is 25.8 Å². The van der Waals surface area contributed by atoms with E-state index < -0.39 is 11.6 Å². The molecule has 4 rings (SSSR count). The first-order chi connectivity index (χ1) is 18.3. The number of carbonyl (C=O) groups excluding carboxylic acids is 2. The van der Waals surface area contributed by atoms with Gasteiger partial charge in [-0.25, -0.2) is 9.67 Å². The minimum Gasteiger partial charge on any atom is -0.481 e. The Morgan fingerprint density at radius 3 is 2.29 bits per heavy atom. The van der Waals surface area contributed by atoms with Gasteiger partial charge in [-0.3, -0.25) is 14.4 Å². The zero-order valence-corrected chi connectivity index (χ0v) is 22.2. The number of carboxylic acid groups (broad SMARTS) is 1. The van der Waals surface area contributed by atoms with Gasteiger partial charge in [-0.1, -0.05) is 5.16 Å². The number of oxime groups is 1. The highest BCUT2D eigenvalue weighted by Gasteiger charge is 2.44. The number of aromatic nitrogens is 3. The number of carbonyl (C=O) groups is 3. The average molecular weight is 528 g/mol. The normalized spacial score (nSPS) is 20.4. The van der Waals surface area contributed by atoms with E-state index in [0.717, 1.165) is 35.1 Å². The van der Waals surface area contributed by atoms with E-state index >= 15 is 0 Å². The molecule has 0 unspecified atom stereocenters. The minimum absolute atomic E-state index is 0.00359. The van der Waals surface area contributed by atoms with Gasteiger partial charge in [0.1, 0.15) is 0 Å². The van der Waals surface area contributed by atoms with Crippen LogP contribution >= 0.6 is 0 Å². The number of anilines is 1. The number of rotatable bonds is 11. The van der Waals surface area contributed by atoms with Gasteiger partial charge in [-0.2, -0.15) is 5.10 Å². The molecule has 12 heteroatoms. The summed E-state index contributed by atoms with van der Waals surface area (Å²) >= 11 is 0. The maximum absolute atomic E-state index is 12.6. The van der Waals surface area contributed by atoms with E-state index in [2.05, 4.69) is 31.2 Å². The Morgan fingerprint density at radius 1 is 1.05 bits per heavy atom. The minimum atomic E-state index is -1.10. The molecular formula is C26H37N7O5. The Labute approximate surface area is 221 Å². The molecular weight excluding hydrogens is 490 g/mol. The van der Waals surface area contributed by atoms with E-state index in [1.54, 1.807) is 12.4 Å². The van der Waals surface area contributed by atoms with Crippen molar-refractivity contribution in [1.82, 2.24) is 25.4 Å². The zero-order valence-electron chi connectivity index (χ0n) is 22.2. The summed E-state index contributed by atoms with van der Waals surface area (Å²) in [7, 11) is 0. The van der Waals surface area contributed by atoms with E-state index in [9.17, 15) is 19.5 Å². The number of aliphatic carboxylic acids is 1. The highest BCUT2D eigenvalue weighted by Crippen LogP contribution is 2.38. The predicted molar refractivity (Wildman–Crippen MR) is 142 cm³/mol. The molecule has 3 heterocycles. The number of fused-ring (bicyclic) bond motifs is 1. The summed E-state index contributed by atoms with van der Waals surface area (Å²) in [6, 6.07) is 0.0817. The Hall–Kier alpha value is -3.70. The molecule has 0 atom stereocenters. The van der Waals surface area contributed by atoms with Gasteiger partial charge in [0.05, 0.1) is 41.7 Å². The molecule has 38 heavy (non-hydrogen) atoms. The summed E-state index contributed by atoms with van der Waals surface area (Å²) < 4.78 is 1.81. The monoisotopic (exact) mass is 527 g/mol. The zero-order chi connectivity index (χ0) is 27.3. The van der Waals surface area contributed by atoms with Crippen molar-refractivity contribution in [3.8, 4) is 0 Å². The highest BCUT2D eigenvalue weighted by molar-refractivity contribution is 6.11. The quantitative estimate of drug-likeness (QED) is 0.347.